The molecule has 0 heterocycles. The second-order valence-electron chi connectivity index (χ2n) is 1.03. The Morgan fingerprint density at radius 2 is 1.80 bits per heavy atom. The van der Waals surface area contributed by atoms with Crippen LogP contribution in [0.1, 0.15) is 13.8 Å². The Morgan fingerprint density at radius 1 is 1.50 bits per heavy atom. The Morgan fingerprint density at radius 3 is 1.80 bits per heavy atom. The molecular formula is C5H12Cl2O3. The fraction of sp³-hybridized carbons (Fsp3) is 0.800. The zero-order chi connectivity index (χ0) is 7.70. The van der Waals surface area contributed by atoms with E-state index in [2.05, 4.69) is 4.74 Å². The highest BCUT2D eigenvalue weighted by Crippen LogP contribution is 1.73. The van der Waals surface area contributed by atoms with E-state index in [1.54, 1.807) is 6.92 Å². The quantitative estimate of drug-likeness (QED) is 0.461. The van der Waals surface area contributed by atoms with Gasteiger partial charge in [-0.2, -0.15) is 0 Å². The molecule has 0 saturated heterocycles. The highest BCUT2D eigenvalue weighted by Gasteiger charge is 1.81. The van der Waals surface area contributed by atoms with E-state index >= 15 is 0 Å². The molecule has 5 heteroatoms. The number of hydrogen-bond donors (Lipinski definition) is 0. The van der Waals surface area contributed by atoms with E-state index in [0.29, 0.717) is 6.61 Å². The summed E-state index contributed by atoms with van der Waals surface area (Å²) in [5.41, 5.74) is 0. The molecule has 0 spiro atoms. The lowest BCUT2D eigenvalue weighted by Crippen LogP contribution is -1.95. The van der Waals surface area contributed by atoms with Crippen molar-refractivity contribution in [2.45, 2.75) is 13.8 Å². The number of carbonyl (C=O) groups excluding carboxylic acids is 1. The van der Waals surface area contributed by atoms with Crippen molar-refractivity contribution in [3.05, 3.63) is 0 Å². The first-order chi connectivity index (χ1) is 4.18. The van der Waals surface area contributed by atoms with Crippen molar-refractivity contribution in [2.24, 2.45) is 0 Å². The average Bonchev–Trinajstić information content (AvgIpc) is 1.67. The Labute approximate surface area is 70.6 Å². The van der Waals surface area contributed by atoms with E-state index < -0.39 is 0 Å². The standard InChI is InChI=1S/C4H8O2.CH2Cl2.H2O/c1-3-6-4(2)5;2-1-3;/h3H2,1-2H3;1H2;1H2. The predicted octanol–water partition coefficient (Wildman–Crippen LogP) is 1.17. The summed E-state index contributed by atoms with van der Waals surface area (Å²) >= 11 is 9.53. The third kappa shape index (κ3) is 43.4. The van der Waals surface area contributed by atoms with E-state index in [1.807, 2.05) is 0 Å². The maximum atomic E-state index is 9.82. The molecule has 0 atom stereocenters. The van der Waals surface area contributed by atoms with Crippen LogP contribution in [0.2, 0.25) is 0 Å². The Hall–Kier alpha value is 0.01000. The van der Waals surface area contributed by atoms with Crippen molar-refractivity contribution in [2.75, 3.05) is 11.9 Å². The predicted molar refractivity (Wildman–Crippen MR) is 42.5 cm³/mol. The average molecular weight is 191 g/mol. The highest BCUT2D eigenvalue weighted by atomic mass is 35.5. The highest BCUT2D eigenvalue weighted by molar-refractivity contribution is 6.40. The number of ether oxygens (including phenoxy) is 1. The third-order valence-corrected chi connectivity index (χ3v) is 0.348. The zero-order valence-electron chi connectivity index (χ0n) is 5.99. The van der Waals surface area contributed by atoms with Crippen LogP contribution in [0.3, 0.4) is 0 Å². The molecule has 0 aromatic carbocycles. The third-order valence-electron chi connectivity index (χ3n) is 0.348. The molecule has 0 saturated carbocycles. The van der Waals surface area contributed by atoms with Gasteiger partial charge in [0.25, 0.3) is 0 Å². The fourth-order valence-electron chi connectivity index (χ4n) is 0.203. The van der Waals surface area contributed by atoms with E-state index in [-0.39, 0.29) is 16.8 Å². The van der Waals surface area contributed by atoms with Gasteiger partial charge in [0, 0.05) is 6.92 Å². The van der Waals surface area contributed by atoms with Gasteiger partial charge >= 0.3 is 5.97 Å². The van der Waals surface area contributed by atoms with Gasteiger partial charge in [0.15, 0.2) is 0 Å². The van der Waals surface area contributed by atoms with E-state index in [4.69, 9.17) is 23.2 Å². The fourth-order valence-corrected chi connectivity index (χ4v) is 0.203. The SMILES string of the molecule is CCOC(C)=O.ClCCl.O. The molecule has 10 heavy (non-hydrogen) atoms. The van der Waals surface area contributed by atoms with Crippen LogP contribution in [0, 0.1) is 0 Å². The first-order valence-electron chi connectivity index (χ1n) is 2.44. The number of esters is 1. The molecule has 3 nitrogen and oxygen atoms in total. The van der Waals surface area contributed by atoms with Crippen molar-refractivity contribution in [3.63, 3.8) is 0 Å². The van der Waals surface area contributed by atoms with Crippen LogP contribution in [-0.2, 0) is 9.53 Å². The minimum Gasteiger partial charge on any atom is -0.466 e. The van der Waals surface area contributed by atoms with Crippen LogP contribution in [0.15, 0.2) is 0 Å². The Bertz CT molecular complexity index is 67.9. The largest absolute Gasteiger partial charge is 0.466 e. The molecule has 64 valence electrons. The molecular weight excluding hydrogens is 179 g/mol. The van der Waals surface area contributed by atoms with Crippen molar-refractivity contribution in [1.29, 1.82) is 0 Å². The van der Waals surface area contributed by atoms with Crippen LogP contribution in [-0.4, -0.2) is 23.4 Å². The molecule has 0 aromatic heterocycles. The van der Waals surface area contributed by atoms with E-state index in [0.717, 1.165) is 0 Å². The topological polar surface area (TPSA) is 57.8 Å². The minimum atomic E-state index is -0.211. The number of alkyl halides is 2. The van der Waals surface area contributed by atoms with Gasteiger partial charge in [-0.25, -0.2) is 0 Å². The van der Waals surface area contributed by atoms with Gasteiger partial charge in [-0.3, -0.25) is 4.79 Å². The minimum absolute atomic E-state index is 0. The van der Waals surface area contributed by atoms with Crippen LogP contribution in [0.5, 0.6) is 0 Å². The van der Waals surface area contributed by atoms with Crippen LogP contribution < -0.4 is 0 Å². The van der Waals surface area contributed by atoms with Crippen LogP contribution in [0.25, 0.3) is 0 Å². The number of rotatable bonds is 1. The normalized spacial score (nSPS) is 6.40. The van der Waals surface area contributed by atoms with Gasteiger partial charge in [-0.05, 0) is 6.92 Å². The summed E-state index contributed by atoms with van der Waals surface area (Å²) in [4.78, 5) is 9.82. The first-order valence-corrected chi connectivity index (χ1v) is 3.51. The van der Waals surface area contributed by atoms with E-state index in [9.17, 15) is 4.79 Å². The maximum absolute atomic E-state index is 9.82. The molecule has 0 radical (unpaired) electrons. The Balaban J connectivity index is -0.000000107. The summed E-state index contributed by atoms with van der Waals surface area (Å²) in [5.74, 6) is -0.211. The van der Waals surface area contributed by atoms with Gasteiger partial charge in [0.2, 0.25) is 0 Å². The van der Waals surface area contributed by atoms with Gasteiger partial charge in [-0.15, -0.1) is 23.2 Å². The molecule has 0 aliphatic carbocycles. The molecule has 0 aliphatic heterocycles. The van der Waals surface area contributed by atoms with Gasteiger partial charge < -0.3 is 10.2 Å². The van der Waals surface area contributed by atoms with Gasteiger partial charge in [0.05, 0.1) is 11.9 Å². The summed E-state index contributed by atoms with van der Waals surface area (Å²) < 4.78 is 4.40. The van der Waals surface area contributed by atoms with Crippen LogP contribution in [0.4, 0.5) is 0 Å². The summed E-state index contributed by atoms with van der Waals surface area (Å²) in [7, 11) is 0. The summed E-state index contributed by atoms with van der Waals surface area (Å²) in [5, 5.41) is 0.194. The first kappa shape index (κ1) is 16.5. The molecule has 0 aliphatic rings. The lowest BCUT2D eigenvalue weighted by Gasteiger charge is -1.89. The molecule has 0 fully saturated rings. The lowest BCUT2D eigenvalue weighted by molar-refractivity contribution is -0.140. The van der Waals surface area contributed by atoms with Crippen molar-refractivity contribution >= 4 is 29.2 Å². The smallest absolute Gasteiger partial charge is 0.302 e. The van der Waals surface area contributed by atoms with Gasteiger partial charge in [0.1, 0.15) is 0 Å². The summed E-state index contributed by atoms with van der Waals surface area (Å²) in [6.45, 7) is 3.65. The monoisotopic (exact) mass is 190 g/mol. The lowest BCUT2D eigenvalue weighted by atomic mass is 10.8. The number of hydrogen-bond acceptors (Lipinski definition) is 2. The number of carbonyl (C=O) groups is 1. The van der Waals surface area contributed by atoms with Crippen LogP contribution >= 0.6 is 23.2 Å². The molecule has 0 rings (SSSR count). The van der Waals surface area contributed by atoms with Gasteiger partial charge in [-0.1, -0.05) is 0 Å². The zero-order valence-corrected chi connectivity index (χ0v) is 7.50. The summed E-state index contributed by atoms with van der Waals surface area (Å²) in [6.07, 6.45) is 0. The molecule has 0 amide bonds. The number of halogens is 2. The van der Waals surface area contributed by atoms with Crippen molar-refractivity contribution < 1.29 is 15.0 Å². The molecule has 0 aromatic rings. The maximum Gasteiger partial charge on any atom is 0.302 e. The Kier molecular flexibility index (Phi) is 26.5. The van der Waals surface area contributed by atoms with E-state index in [1.165, 1.54) is 6.92 Å². The second-order valence-corrected chi connectivity index (χ2v) is 1.83. The molecule has 0 bridgehead atoms. The summed E-state index contributed by atoms with van der Waals surface area (Å²) in [6, 6.07) is 0. The van der Waals surface area contributed by atoms with Crippen molar-refractivity contribution in [1.82, 2.24) is 0 Å². The molecule has 0 unspecified atom stereocenters. The molecule has 2 N–H and O–H groups in total. The second kappa shape index (κ2) is 16.0. The van der Waals surface area contributed by atoms with Crippen molar-refractivity contribution in [3.8, 4) is 0 Å².